The molecule has 2 amide bonds. The van der Waals surface area contributed by atoms with Gasteiger partial charge in [-0.2, -0.15) is 0 Å². The van der Waals surface area contributed by atoms with E-state index >= 15 is 0 Å². The molecule has 5 nitrogen and oxygen atoms in total. The van der Waals surface area contributed by atoms with Gasteiger partial charge in [-0.05, 0) is 30.2 Å². The van der Waals surface area contributed by atoms with Gasteiger partial charge in [0.1, 0.15) is 5.75 Å². The number of benzene rings is 2. The minimum atomic E-state index is -0.661. The van der Waals surface area contributed by atoms with Gasteiger partial charge in [0.2, 0.25) is 0 Å². The fourth-order valence-corrected chi connectivity index (χ4v) is 2.67. The van der Waals surface area contributed by atoms with Crippen LogP contribution >= 0.6 is 11.6 Å². The van der Waals surface area contributed by atoms with E-state index in [0.717, 1.165) is 18.4 Å². The predicted molar refractivity (Wildman–Crippen MR) is 97.7 cm³/mol. The minimum Gasteiger partial charge on any atom is -0.483 e. The van der Waals surface area contributed by atoms with Gasteiger partial charge in [0.15, 0.2) is 6.61 Å². The predicted octanol–water partition coefficient (Wildman–Crippen LogP) is 3.48. The third-order valence-corrected chi connectivity index (χ3v) is 3.92. The Morgan fingerprint density at radius 2 is 1.92 bits per heavy atom. The van der Waals surface area contributed by atoms with Gasteiger partial charge in [-0.15, -0.1) is 0 Å². The largest absolute Gasteiger partial charge is 0.483 e. The molecule has 25 heavy (non-hydrogen) atoms. The highest BCUT2D eigenvalue weighted by molar-refractivity contribution is 6.31. The lowest BCUT2D eigenvalue weighted by Crippen LogP contribution is -2.33. The van der Waals surface area contributed by atoms with Crippen molar-refractivity contribution in [3.8, 4) is 5.75 Å². The van der Waals surface area contributed by atoms with Crippen LogP contribution in [0, 0.1) is 0 Å². The third-order valence-electron chi connectivity index (χ3n) is 3.68. The summed E-state index contributed by atoms with van der Waals surface area (Å²) < 4.78 is 5.46. The molecule has 0 aliphatic rings. The zero-order chi connectivity index (χ0) is 18.2. The number of primary amides is 1. The highest BCUT2D eigenvalue weighted by Crippen LogP contribution is 2.23. The number of hydrogen-bond acceptors (Lipinski definition) is 3. The smallest absolute Gasteiger partial charge is 0.258 e. The summed E-state index contributed by atoms with van der Waals surface area (Å²) in [5.41, 5.74) is 6.50. The van der Waals surface area contributed by atoms with E-state index in [1.54, 1.807) is 6.07 Å². The zero-order valence-corrected chi connectivity index (χ0v) is 14.8. The van der Waals surface area contributed by atoms with E-state index in [1.807, 2.05) is 30.3 Å². The van der Waals surface area contributed by atoms with Crippen LogP contribution in [-0.4, -0.2) is 18.4 Å². The zero-order valence-electron chi connectivity index (χ0n) is 14.0. The second-order valence-corrected chi connectivity index (χ2v) is 6.05. The SMILES string of the molecule is CCCC(NC(=O)COc1ccc(Cl)cc1C(N)=O)c1ccccc1. The van der Waals surface area contributed by atoms with E-state index in [9.17, 15) is 9.59 Å². The highest BCUT2D eigenvalue weighted by Gasteiger charge is 2.16. The van der Waals surface area contributed by atoms with Crippen LogP contribution in [0.2, 0.25) is 5.02 Å². The third kappa shape index (κ3) is 5.50. The molecular weight excluding hydrogens is 340 g/mol. The van der Waals surface area contributed by atoms with Crippen molar-refractivity contribution in [3.63, 3.8) is 0 Å². The van der Waals surface area contributed by atoms with E-state index in [-0.39, 0.29) is 29.9 Å². The van der Waals surface area contributed by atoms with Crippen LogP contribution in [0.5, 0.6) is 5.75 Å². The number of carbonyl (C=O) groups is 2. The van der Waals surface area contributed by atoms with E-state index < -0.39 is 5.91 Å². The van der Waals surface area contributed by atoms with Crippen molar-refractivity contribution in [1.29, 1.82) is 0 Å². The average Bonchev–Trinajstić information content (AvgIpc) is 2.61. The molecular formula is C19H21ClN2O3. The summed E-state index contributed by atoms with van der Waals surface area (Å²) in [5.74, 6) is -0.697. The summed E-state index contributed by atoms with van der Waals surface area (Å²) in [6, 6.07) is 14.2. The van der Waals surface area contributed by atoms with Crippen LogP contribution in [0.1, 0.15) is 41.7 Å². The molecule has 2 aromatic carbocycles. The minimum absolute atomic E-state index is 0.0804. The molecule has 0 heterocycles. The molecule has 0 saturated carbocycles. The first-order chi connectivity index (χ1) is 12.0. The number of rotatable bonds is 8. The van der Waals surface area contributed by atoms with Gasteiger partial charge in [0.05, 0.1) is 11.6 Å². The van der Waals surface area contributed by atoms with E-state index in [0.29, 0.717) is 5.02 Å². The van der Waals surface area contributed by atoms with Crippen LogP contribution in [0.4, 0.5) is 0 Å². The van der Waals surface area contributed by atoms with Crippen LogP contribution in [0.3, 0.4) is 0 Å². The maximum atomic E-state index is 12.2. The molecule has 2 aromatic rings. The first kappa shape index (κ1) is 18.8. The fraction of sp³-hybridized carbons (Fsp3) is 0.263. The molecule has 0 saturated heterocycles. The van der Waals surface area contributed by atoms with Gasteiger partial charge in [0, 0.05) is 5.02 Å². The van der Waals surface area contributed by atoms with Crippen LogP contribution < -0.4 is 15.8 Å². The maximum Gasteiger partial charge on any atom is 0.258 e. The summed E-state index contributed by atoms with van der Waals surface area (Å²) in [6.07, 6.45) is 1.76. The molecule has 2 rings (SSSR count). The van der Waals surface area contributed by atoms with Gasteiger partial charge in [-0.1, -0.05) is 55.3 Å². The first-order valence-electron chi connectivity index (χ1n) is 8.07. The number of nitrogens with two attached hydrogens (primary N) is 1. The molecule has 0 radical (unpaired) electrons. The van der Waals surface area contributed by atoms with E-state index in [2.05, 4.69) is 12.2 Å². The van der Waals surface area contributed by atoms with E-state index in [4.69, 9.17) is 22.1 Å². The number of nitrogens with one attached hydrogen (secondary N) is 1. The number of carbonyl (C=O) groups excluding carboxylic acids is 2. The summed E-state index contributed by atoms with van der Waals surface area (Å²) in [7, 11) is 0. The lowest BCUT2D eigenvalue weighted by atomic mass is 10.0. The van der Waals surface area contributed by atoms with Crippen molar-refractivity contribution in [2.24, 2.45) is 5.73 Å². The fourth-order valence-electron chi connectivity index (χ4n) is 2.50. The standard InChI is InChI=1S/C19H21ClN2O3/c1-2-6-16(13-7-4-3-5-8-13)22-18(23)12-25-17-10-9-14(20)11-15(17)19(21)24/h3-5,7-11,16H,2,6,12H2,1H3,(H2,21,24)(H,22,23). The van der Waals surface area contributed by atoms with Crippen molar-refractivity contribution < 1.29 is 14.3 Å². The Morgan fingerprint density at radius 1 is 1.20 bits per heavy atom. The van der Waals surface area contributed by atoms with Crippen LogP contribution in [0.25, 0.3) is 0 Å². The number of ether oxygens (including phenoxy) is 1. The Labute approximate surface area is 152 Å². The van der Waals surface area contributed by atoms with Gasteiger partial charge in [-0.25, -0.2) is 0 Å². The highest BCUT2D eigenvalue weighted by atomic mass is 35.5. The van der Waals surface area contributed by atoms with Crippen molar-refractivity contribution in [1.82, 2.24) is 5.32 Å². The van der Waals surface area contributed by atoms with Crippen molar-refractivity contribution in [2.75, 3.05) is 6.61 Å². The monoisotopic (exact) mass is 360 g/mol. The lowest BCUT2D eigenvalue weighted by Gasteiger charge is -2.19. The summed E-state index contributed by atoms with van der Waals surface area (Å²) in [5, 5.41) is 3.33. The molecule has 3 N–H and O–H groups in total. The Morgan fingerprint density at radius 3 is 2.56 bits per heavy atom. The number of hydrogen-bond donors (Lipinski definition) is 2. The Hall–Kier alpha value is -2.53. The van der Waals surface area contributed by atoms with Crippen molar-refractivity contribution >= 4 is 23.4 Å². The Bertz CT molecular complexity index is 735. The summed E-state index contributed by atoms with van der Waals surface area (Å²) in [6.45, 7) is 1.85. The van der Waals surface area contributed by atoms with Gasteiger partial charge in [0.25, 0.3) is 11.8 Å². The van der Waals surface area contributed by atoms with Crippen LogP contribution in [-0.2, 0) is 4.79 Å². The molecule has 0 aromatic heterocycles. The molecule has 1 unspecified atom stereocenters. The summed E-state index contributed by atoms with van der Waals surface area (Å²) >= 11 is 5.85. The van der Waals surface area contributed by atoms with Gasteiger partial charge in [-0.3, -0.25) is 9.59 Å². The molecule has 0 spiro atoms. The molecule has 6 heteroatoms. The second-order valence-electron chi connectivity index (χ2n) is 5.61. The quantitative estimate of drug-likeness (QED) is 0.756. The number of amides is 2. The molecule has 0 fully saturated rings. The molecule has 0 aliphatic carbocycles. The Kier molecular flexibility index (Phi) is 6.83. The molecule has 1 atom stereocenters. The molecule has 0 aliphatic heterocycles. The topological polar surface area (TPSA) is 81.4 Å². The number of halogens is 1. The lowest BCUT2D eigenvalue weighted by molar-refractivity contribution is -0.123. The Balaban J connectivity index is 2.01. The van der Waals surface area contributed by atoms with Crippen molar-refractivity contribution in [2.45, 2.75) is 25.8 Å². The summed E-state index contributed by atoms with van der Waals surface area (Å²) in [4.78, 5) is 23.7. The first-order valence-corrected chi connectivity index (χ1v) is 8.45. The normalized spacial score (nSPS) is 11.6. The van der Waals surface area contributed by atoms with Gasteiger partial charge < -0.3 is 15.8 Å². The second kappa shape index (κ2) is 9.08. The average molecular weight is 361 g/mol. The maximum absolute atomic E-state index is 12.2. The van der Waals surface area contributed by atoms with E-state index in [1.165, 1.54) is 12.1 Å². The molecule has 0 bridgehead atoms. The van der Waals surface area contributed by atoms with Crippen LogP contribution in [0.15, 0.2) is 48.5 Å². The van der Waals surface area contributed by atoms with Crippen molar-refractivity contribution in [3.05, 3.63) is 64.7 Å². The molecule has 132 valence electrons. The van der Waals surface area contributed by atoms with Gasteiger partial charge >= 0.3 is 0 Å².